The van der Waals surface area contributed by atoms with E-state index in [1.165, 1.54) is 6.20 Å². The van der Waals surface area contributed by atoms with Crippen LogP contribution in [0.5, 0.6) is 5.75 Å². The van der Waals surface area contributed by atoms with Crippen molar-refractivity contribution in [2.24, 2.45) is 0 Å². The lowest BCUT2D eigenvalue weighted by Gasteiger charge is -2.13. The van der Waals surface area contributed by atoms with Gasteiger partial charge in [0.25, 0.3) is 0 Å². The lowest BCUT2D eigenvalue weighted by Crippen LogP contribution is -2.08. The fourth-order valence-corrected chi connectivity index (χ4v) is 1.81. The van der Waals surface area contributed by atoms with Crippen LogP contribution < -0.4 is 10.5 Å². The van der Waals surface area contributed by atoms with Gasteiger partial charge in [0.2, 0.25) is 0 Å². The number of ether oxygens (including phenoxy) is 2. The fourth-order valence-electron chi connectivity index (χ4n) is 1.81. The standard InChI is InChI=1S/C15H19N3O3/c1-4-20-15(19)11-8-17-18(9-11)12-5-6-13(16)14(7-12)21-10(2)3/h5-10H,4,16H2,1-3H3. The van der Waals surface area contributed by atoms with E-state index in [-0.39, 0.29) is 6.10 Å². The molecule has 0 aliphatic heterocycles. The van der Waals surface area contributed by atoms with Crippen LogP contribution in [0.3, 0.4) is 0 Å². The first-order valence-electron chi connectivity index (χ1n) is 6.79. The Morgan fingerprint density at radius 3 is 2.86 bits per heavy atom. The van der Waals surface area contributed by atoms with Crippen molar-refractivity contribution in [2.45, 2.75) is 26.9 Å². The Hall–Kier alpha value is -2.50. The first-order valence-corrected chi connectivity index (χ1v) is 6.79. The lowest BCUT2D eigenvalue weighted by molar-refractivity contribution is 0.0526. The van der Waals surface area contributed by atoms with Gasteiger partial charge in [0.05, 0.1) is 35.8 Å². The van der Waals surface area contributed by atoms with E-state index in [2.05, 4.69) is 5.10 Å². The molecule has 0 saturated heterocycles. The second-order valence-electron chi connectivity index (χ2n) is 4.78. The van der Waals surface area contributed by atoms with Crippen LogP contribution in [0.15, 0.2) is 30.6 Å². The van der Waals surface area contributed by atoms with Gasteiger partial charge in [0.1, 0.15) is 5.75 Å². The first kappa shape index (κ1) is 14.9. The summed E-state index contributed by atoms with van der Waals surface area (Å²) in [7, 11) is 0. The molecule has 0 atom stereocenters. The summed E-state index contributed by atoms with van der Waals surface area (Å²) in [4.78, 5) is 11.6. The van der Waals surface area contributed by atoms with E-state index in [1.54, 1.807) is 29.9 Å². The highest BCUT2D eigenvalue weighted by Crippen LogP contribution is 2.25. The zero-order valence-corrected chi connectivity index (χ0v) is 12.4. The van der Waals surface area contributed by atoms with Gasteiger partial charge in [-0.1, -0.05) is 0 Å². The molecule has 2 N–H and O–H groups in total. The van der Waals surface area contributed by atoms with Crippen LogP contribution >= 0.6 is 0 Å². The van der Waals surface area contributed by atoms with Crippen LogP contribution in [-0.2, 0) is 4.74 Å². The number of esters is 1. The van der Waals surface area contributed by atoms with Gasteiger partial charge in [-0.15, -0.1) is 0 Å². The summed E-state index contributed by atoms with van der Waals surface area (Å²) in [5, 5.41) is 4.16. The number of nitrogens with zero attached hydrogens (tertiary/aromatic N) is 2. The van der Waals surface area contributed by atoms with Crippen LogP contribution in [0.1, 0.15) is 31.1 Å². The molecule has 2 aromatic rings. The van der Waals surface area contributed by atoms with Crippen LogP contribution in [0.2, 0.25) is 0 Å². The maximum Gasteiger partial charge on any atom is 0.341 e. The number of anilines is 1. The van der Waals surface area contributed by atoms with Crippen molar-refractivity contribution >= 4 is 11.7 Å². The SMILES string of the molecule is CCOC(=O)c1cnn(-c2ccc(N)c(OC(C)C)c2)c1. The molecule has 112 valence electrons. The Bertz CT molecular complexity index is 635. The molecule has 0 amide bonds. The highest BCUT2D eigenvalue weighted by molar-refractivity contribution is 5.88. The third-order valence-corrected chi connectivity index (χ3v) is 2.72. The van der Waals surface area contributed by atoms with Gasteiger partial charge in [-0.3, -0.25) is 0 Å². The van der Waals surface area contributed by atoms with E-state index in [0.717, 1.165) is 5.69 Å². The van der Waals surface area contributed by atoms with Gasteiger partial charge >= 0.3 is 5.97 Å². The summed E-state index contributed by atoms with van der Waals surface area (Å²) in [6.45, 7) is 5.95. The van der Waals surface area contributed by atoms with Crippen molar-refractivity contribution in [3.8, 4) is 11.4 Å². The van der Waals surface area contributed by atoms with E-state index in [9.17, 15) is 4.79 Å². The molecule has 6 heteroatoms. The predicted octanol–water partition coefficient (Wildman–Crippen LogP) is 2.42. The number of rotatable bonds is 5. The average molecular weight is 289 g/mol. The van der Waals surface area contributed by atoms with Gasteiger partial charge in [-0.2, -0.15) is 5.10 Å². The summed E-state index contributed by atoms with van der Waals surface area (Å²) in [6, 6.07) is 5.35. The topological polar surface area (TPSA) is 79.4 Å². The highest BCUT2D eigenvalue weighted by Gasteiger charge is 2.11. The van der Waals surface area contributed by atoms with E-state index >= 15 is 0 Å². The van der Waals surface area contributed by atoms with Crippen molar-refractivity contribution in [3.05, 3.63) is 36.2 Å². The molecule has 0 saturated carbocycles. The Labute approximate surface area is 123 Å². The smallest absolute Gasteiger partial charge is 0.341 e. The highest BCUT2D eigenvalue weighted by atomic mass is 16.5. The number of nitrogen functional groups attached to an aromatic ring is 1. The number of benzene rings is 1. The van der Waals surface area contributed by atoms with Crippen molar-refractivity contribution in [3.63, 3.8) is 0 Å². The van der Waals surface area contributed by atoms with Crippen molar-refractivity contribution in [1.82, 2.24) is 9.78 Å². The molecular weight excluding hydrogens is 270 g/mol. The largest absolute Gasteiger partial charge is 0.489 e. The van der Waals surface area contributed by atoms with Crippen LogP contribution in [0, 0.1) is 0 Å². The molecule has 0 radical (unpaired) electrons. The average Bonchev–Trinajstić information content (AvgIpc) is 2.91. The van der Waals surface area contributed by atoms with Crippen molar-refractivity contribution in [1.29, 1.82) is 0 Å². The quantitative estimate of drug-likeness (QED) is 0.675. The lowest BCUT2D eigenvalue weighted by atomic mass is 10.2. The van der Waals surface area contributed by atoms with Gasteiger partial charge < -0.3 is 15.2 Å². The van der Waals surface area contributed by atoms with Gasteiger partial charge in [0.15, 0.2) is 0 Å². The molecule has 2 rings (SSSR count). The van der Waals surface area contributed by atoms with Gasteiger partial charge in [-0.05, 0) is 32.9 Å². The summed E-state index contributed by atoms with van der Waals surface area (Å²) in [6.07, 6.45) is 3.11. The third kappa shape index (κ3) is 3.53. The molecule has 1 aromatic carbocycles. The molecule has 6 nitrogen and oxygen atoms in total. The number of carbonyl (C=O) groups is 1. The summed E-state index contributed by atoms with van der Waals surface area (Å²) >= 11 is 0. The molecule has 0 fully saturated rings. The number of hydrogen-bond acceptors (Lipinski definition) is 5. The second kappa shape index (κ2) is 6.30. The number of nitrogens with two attached hydrogens (primary N) is 1. The number of carbonyl (C=O) groups excluding carboxylic acids is 1. The molecule has 0 aliphatic rings. The monoisotopic (exact) mass is 289 g/mol. The van der Waals surface area contributed by atoms with E-state index in [1.807, 2.05) is 19.9 Å². The summed E-state index contributed by atoms with van der Waals surface area (Å²) in [5.74, 6) is 0.202. The van der Waals surface area contributed by atoms with Gasteiger partial charge in [0, 0.05) is 12.3 Å². The Kier molecular flexibility index (Phi) is 4.47. The molecule has 0 aliphatic carbocycles. The van der Waals surface area contributed by atoms with Crippen molar-refractivity contribution in [2.75, 3.05) is 12.3 Å². The molecular formula is C15H19N3O3. The molecule has 21 heavy (non-hydrogen) atoms. The Balaban J connectivity index is 2.28. The summed E-state index contributed by atoms with van der Waals surface area (Å²) < 4.78 is 12.2. The molecule has 1 heterocycles. The Morgan fingerprint density at radius 1 is 1.43 bits per heavy atom. The number of aromatic nitrogens is 2. The van der Waals surface area contributed by atoms with Crippen LogP contribution in [0.4, 0.5) is 5.69 Å². The zero-order valence-electron chi connectivity index (χ0n) is 12.4. The van der Waals surface area contributed by atoms with E-state index < -0.39 is 5.97 Å². The maximum absolute atomic E-state index is 11.6. The second-order valence-corrected chi connectivity index (χ2v) is 4.78. The zero-order chi connectivity index (χ0) is 15.4. The Morgan fingerprint density at radius 2 is 2.19 bits per heavy atom. The molecule has 0 spiro atoms. The normalized spacial score (nSPS) is 10.7. The molecule has 0 unspecified atom stereocenters. The minimum atomic E-state index is -0.391. The van der Waals surface area contributed by atoms with Crippen LogP contribution in [0.25, 0.3) is 5.69 Å². The van der Waals surface area contributed by atoms with E-state index in [4.69, 9.17) is 15.2 Å². The predicted molar refractivity (Wildman–Crippen MR) is 79.7 cm³/mol. The first-order chi connectivity index (χ1) is 10.0. The molecule has 0 bridgehead atoms. The fraction of sp³-hybridized carbons (Fsp3) is 0.333. The minimum absolute atomic E-state index is 0.0234. The minimum Gasteiger partial charge on any atom is -0.489 e. The number of hydrogen-bond donors (Lipinski definition) is 1. The van der Waals surface area contributed by atoms with E-state index in [0.29, 0.717) is 23.6 Å². The third-order valence-electron chi connectivity index (χ3n) is 2.72. The summed E-state index contributed by atoms with van der Waals surface area (Å²) in [5.41, 5.74) is 7.60. The van der Waals surface area contributed by atoms with Gasteiger partial charge in [-0.25, -0.2) is 9.48 Å². The molecule has 1 aromatic heterocycles. The van der Waals surface area contributed by atoms with Crippen LogP contribution in [-0.4, -0.2) is 28.5 Å². The van der Waals surface area contributed by atoms with Crippen molar-refractivity contribution < 1.29 is 14.3 Å². The maximum atomic E-state index is 11.6.